The predicted octanol–water partition coefficient (Wildman–Crippen LogP) is 3.14. The molecule has 1 N–H and O–H groups in total. The van der Waals surface area contributed by atoms with Crippen LogP contribution in [0.4, 0.5) is 5.82 Å². The average molecular weight is 339 g/mol. The summed E-state index contributed by atoms with van der Waals surface area (Å²) in [5, 5.41) is 8.14. The summed E-state index contributed by atoms with van der Waals surface area (Å²) >= 11 is 2.35. The van der Waals surface area contributed by atoms with Gasteiger partial charge in [0.05, 0.1) is 5.69 Å². The van der Waals surface area contributed by atoms with Gasteiger partial charge in [0, 0.05) is 27.8 Å². The summed E-state index contributed by atoms with van der Waals surface area (Å²) in [6.07, 6.45) is 1.08. The molecule has 1 aromatic carbocycles. The summed E-state index contributed by atoms with van der Waals surface area (Å²) in [6.45, 7) is 4.08. The van der Waals surface area contributed by atoms with Gasteiger partial charge in [0.15, 0.2) is 0 Å². The lowest BCUT2D eigenvalue weighted by molar-refractivity contribution is 0.668. The molecule has 0 radical (unpaired) electrons. The Labute approximate surface area is 114 Å². The molecule has 0 saturated carbocycles. The van der Waals surface area contributed by atoms with E-state index >= 15 is 0 Å². The summed E-state index contributed by atoms with van der Waals surface area (Å²) in [5.74, 6) is 1.21. The molecule has 4 heteroatoms. The molecule has 0 amide bonds. The molecule has 88 valence electrons. The highest BCUT2D eigenvalue weighted by atomic mass is 127. The highest BCUT2D eigenvalue weighted by molar-refractivity contribution is 14.1. The van der Waals surface area contributed by atoms with Crippen LogP contribution in [-0.2, 0) is 13.0 Å². The fraction of sp³-hybridized carbons (Fsp3) is 0.308. The van der Waals surface area contributed by atoms with Crippen LogP contribution in [0.2, 0.25) is 0 Å². The van der Waals surface area contributed by atoms with Gasteiger partial charge in [-0.05, 0) is 48.1 Å². The molecular formula is C13H14IN3. The van der Waals surface area contributed by atoms with Crippen molar-refractivity contribution in [2.24, 2.45) is 0 Å². The Morgan fingerprint density at radius 2 is 2.35 bits per heavy atom. The van der Waals surface area contributed by atoms with Gasteiger partial charge in [0.25, 0.3) is 0 Å². The molecule has 1 aromatic heterocycles. The fourth-order valence-corrected chi connectivity index (χ4v) is 2.88. The van der Waals surface area contributed by atoms with E-state index in [-0.39, 0.29) is 0 Å². The number of aryl methyl sites for hydroxylation is 1. The van der Waals surface area contributed by atoms with E-state index in [4.69, 9.17) is 5.10 Å². The summed E-state index contributed by atoms with van der Waals surface area (Å²) in [5.41, 5.74) is 3.74. The summed E-state index contributed by atoms with van der Waals surface area (Å²) in [7, 11) is 0. The number of anilines is 1. The maximum absolute atomic E-state index is 4.71. The van der Waals surface area contributed by atoms with Crippen LogP contribution in [0.15, 0.2) is 24.3 Å². The third-order valence-corrected chi connectivity index (χ3v) is 3.79. The van der Waals surface area contributed by atoms with Crippen molar-refractivity contribution in [3.05, 3.63) is 33.4 Å². The SMILES string of the molecule is CCn1nc(-c2cccc(I)c2)c2c1NCC2. The van der Waals surface area contributed by atoms with Crippen molar-refractivity contribution < 1.29 is 0 Å². The van der Waals surface area contributed by atoms with Crippen molar-refractivity contribution >= 4 is 28.4 Å². The van der Waals surface area contributed by atoms with Crippen LogP contribution in [0.25, 0.3) is 11.3 Å². The number of aromatic nitrogens is 2. The second-order valence-electron chi connectivity index (χ2n) is 4.18. The van der Waals surface area contributed by atoms with Crippen molar-refractivity contribution in [3.8, 4) is 11.3 Å². The van der Waals surface area contributed by atoms with Gasteiger partial charge in [-0.15, -0.1) is 0 Å². The first-order valence-electron chi connectivity index (χ1n) is 5.89. The van der Waals surface area contributed by atoms with Gasteiger partial charge in [-0.3, -0.25) is 0 Å². The van der Waals surface area contributed by atoms with Crippen molar-refractivity contribution in [3.63, 3.8) is 0 Å². The molecule has 17 heavy (non-hydrogen) atoms. The first-order valence-corrected chi connectivity index (χ1v) is 6.97. The third kappa shape index (κ3) is 1.84. The van der Waals surface area contributed by atoms with E-state index in [1.165, 1.54) is 20.5 Å². The minimum atomic E-state index is 0.916. The van der Waals surface area contributed by atoms with E-state index in [1.807, 2.05) is 0 Å². The van der Waals surface area contributed by atoms with Gasteiger partial charge in [-0.25, -0.2) is 4.68 Å². The lowest BCUT2D eigenvalue weighted by Crippen LogP contribution is -2.04. The maximum atomic E-state index is 4.71. The zero-order chi connectivity index (χ0) is 11.8. The molecular weight excluding hydrogens is 325 g/mol. The molecule has 3 nitrogen and oxygen atoms in total. The van der Waals surface area contributed by atoms with Gasteiger partial charge in [0.1, 0.15) is 5.82 Å². The molecule has 0 spiro atoms. The zero-order valence-corrected chi connectivity index (χ0v) is 11.9. The van der Waals surface area contributed by atoms with Crippen LogP contribution in [0.1, 0.15) is 12.5 Å². The van der Waals surface area contributed by atoms with Crippen LogP contribution >= 0.6 is 22.6 Å². The number of benzene rings is 1. The number of hydrogen-bond acceptors (Lipinski definition) is 2. The van der Waals surface area contributed by atoms with Gasteiger partial charge in [-0.1, -0.05) is 12.1 Å². The summed E-state index contributed by atoms with van der Waals surface area (Å²) in [4.78, 5) is 0. The molecule has 0 fully saturated rings. The summed E-state index contributed by atoms with van der Waals surface area (Å²) < 4.78 is 3.32. The Balaban J connectivity index is 2.15. The largest absolute Gasteiger partial charge is 0.370 e. The zero-order valence-electron chi connectivity index (χ0n) is 9.70. The first kappa shape index (κ1) is 11.1. The van der Waals surface area contributed by atoms with E-state index in [2.05, 4.69) is 63.8 Å². The van der Waals surface area contributed by atoms with E-state index in [0.29, 0.717) is 0 Å². The van der Waals surface area contributed by atoms with Crippen LogP contribution < -0.4 is 5.32 Å². The van der Waals surface area contributed by atoms with Crippen molar-refractivity contribution in [1.82, 2.24) is 9.78 Å². The molecule has 0 bridgehead atoms. The number of hydrogen-bond donors (Lipinski definition) is 1. The smallest absolute Gasteiger partial charge is 0.128 e. The lowest BCUT2D eigenvalue weighted by atomic mass is 10.1. The minimum absolute atomic E-state index is 0.916. The van der Waals surface area contributed by atoms with Crippen molar-refractivity contribution in [2.45, 2.75) is 19.9 Å². The fourth-order valence-electron chi connectivity index (χ4n) is 2.34. The lowest BCUT2D eigenvalue weighted by Gasteiger charge is -2.02. The highest BCUT2D eigenvalue weighted by Gasteiger charge is 2.22. The molecule has 1 aliphatic heterocycles. The van der Waals surface area contributed by atoms with E-state index in [1.54, 1.807) is 0 Å². The van der Waals surface area contributed by atoms with Gasteiger partial charge in [0.2, 0.25) is 0 Å². The highest BCUT2D eigenvalue weighted by Crippen LogP contribution is 2.33. The Morgan fingerprint density at radius 1 is 1.47 bits per heavy atom. The molecule has 0 unspecified atom stereocenters. The summed E-state index contributed by atoms with van der Waals surface area (Å²) in [6, 6.07) is 8.54. The maximum Gasteiger partial charge on any atom is 0.128 e. The van der Waals surface area contributed by atoms with Crippen molar-refractivity contribution in [1.29, 1.82) is 0 Å². The topological polar surface area (TPSA) is 29.9 Å². The van der Waals surface area contributed by atoms with Crippen LogP contribution in [-0.4, -0.2) is 16.3 Å². The van der Waals surface area contributed by atoms with Crippen LogP contribution in [0, 0.1) is 3.57 Å². The van der Waals surface area contributed by atoms with Gasteiger partial charge < -0.3 is 5.32 Å². The second kappa shape index (κ2) is 4.33. The normalized spacial score (nSPS) is 13.5. The predicted molar refractivity (Wildman–Crippen MR) is 78.2 cm³/mol. The number of rotatable bonds is 2. The van der Waals surface area contributed by atoms with E-state index in [0.717, 1.165) is 25.2 Å². The number of nitrogens with one attached hydrogen (secondary N) is 1. The van der Waals surface area contributed by atoms with E-state index in [9.17, 15) is 0 Å². The Morgan fingerprint density at radius 3 is 3.12 bits per heavy atom. The van der Waals surface area contributed by atoms with Gasteiger partial charge >= 0.3 is 0 Å². The van der Waals surface area contributed by atoms with E-state index < -0.39 is 0 Å². The van der Waals surface area contributed by atoms with Crippen molar-refractivity contribution in [2.75, 3.05) is 11.9 Å². The van der Waals surface area contributed by atoms with Crippen LogP contribution in [0.5, 0.6) is 0 Å². The molecule has 0 aliphatic carbocycles. The first-order chi connectivity index (χ1) is 8.29. The minimum Gasteiger partial charge on any atom is -0.370 e. The molecule has 1 aliphatic rings. The molecule has 3 rings (SSSR count). The van der Waals surface area contributed by atoms with Crippen LogP contribution in [0.3, 0.4) is 0 Å². The Kier molecular flexibility index (Phi) is 2.82. The molecule has 2 heterocycles. The number of halogens is 1. The Hall–Kier alpha value is -1.04. The molecule has 2 aromatic rings. The number of nitrogens with zero attached hydrogens (tertiary/aromatic N) is 2. The monoisotopic (exact) mass is 339 g/mol. The average Bonchev–Trinajstić information content (AvgIpc) is 2.89. The molecule has 0 saturated heterocycles. The third-order valence-electron chi connectivity index (χ3n) is 3.12. The molecule has 0 atom stereocenters. The second-order valence-corrected chi connectivity index (χ2v) is 5.42. The Bertz CT molecular complexity index is 560. The standard InChI is InChI=1S/C13H14IN3/c1-2-17-13-11(6-7-15-13)12(16-17)9-4-3-5-10(14)8-9/h3-5,8,15H,2,6-7H2,1H3. The van der Waals surface area contributed by atoms with Gasteiger partial charge in [-0.2, -0.15) is 5.10 Å². The quantitative estimate of drug-likeness (QED) is 0.852. The number of fused-ring (bicyclic) bond motifs is 1.